The van der Waals surface area contributed by atoms with E-state index >= 15 is 0 Å². The summed E-state index contributed by atoms with van der Waals surface area (Å²) in [7, 11) is 0. The molecule has 0 radical (unpaired) electrons. The molecule has 1 saturated heterocycles. The first-order valence-electron chi connectivity index (χ1n) is 6.34. The number of carbonyl (C=O) groups is 3. The lowest BCUT2D eigenvalue weighted by atomic mass is 10.1. The molecule has 0 spiro atoms. The van der Waals surface area contributed by atoms with Crippen molar-refractivity contribution in [1.29, 1.82) is 0 Å². The van der Waals surface area contributed by atoms with Crippen LogP contribution >= 0.6 is 0 Å². The van der Waals surface area contributed by atoms with Gasteiger partial charge < -0.3 is 5.32 Å². The molecule has 1 heterocycles. The van der Waals surface area contributed by atoms with Crippen LogP contribution in [0.5, 0.6) is 0 Å². The van der Waals surface area contributed by atoms with Crippen molar-refractivity contribution in [2.75, 3.05) is 5.32 Å². The highest BCUT2D eigenvalue weighted by molar-refractivity contribution is 6.07. The van der Waals surface area contributed by atoms with Gasteiger partial charge in [0.25, 0.3) is 0 Å². The topological polar surface area (TPSA) is 66.5 Å². The minimum atomic E-state index is -0.720. The van der Waals surface area contributed by atoms with Gasteiger partial charge in [0.2, 0.25) is 17.7 Å². The third-order valence-electron chi connectivity index (χ3n) is 3.13. The third-order valence-corrected chi connectivity index (χ3v) is 3.13. The summed E-state index contributed by atoms with van der Waals surface area (Å²) in [6, 6.07) is 8.27. The molecule has 1 aliphatic rings. The zero-order valence-corrected chi connectivity index (χ0v) is 10.8. The Morgan fingerprint density at radius 3 is 2.32 bits per heavy atom. The minimum Gasteiger partial charge on any atom is -0.324 e. The van der Waals surface area contributed by atoms with Gasteiger partial charge in [0.05, 0.1) is 0 Å². The van der Waals surface area contributed by atoms with Gasteiger partial charge in [-0.25, -0.2) is 0 Å². The predicted molar refractivity (Wildman–Crippen MR) is 70.2 cm³/mol. The van der Waals surface area contributed by atoms with Gasteiger partial charge in [-0.3, -0.25) is 19.3 Å². The van der Waals surface area contributed by atoms with E-state index in [9.17, 15) is 14.4 Å². The lowest BCUT2D eigenvalue weighted by Crippen LogP contribution is -2.46. The van der Waals surface area contributed by atoms with E-state index < -0.39 is 6.04 Å². The van der Waals surface area contributed by atoms with Gasteiger partial charge in [-0.2, -0.15) is 0 Å². The fraction of sp³-hybridized carbons (Fsp3) is 0.357. The van der Waals surface area contributed by atoms with Crippen molar-refractivity contribution >= 4 is 23.4 Å². The maximum Gasteiger partial charge on any atom is 0.247 e. The van der Waals surface area contributed by atoms with Crippen LogP contribution in [-0.2, 0) is 14.4 Å². The second-order valence-electron chi connectivity index (χ2n) is 4.44. The summed E-state index contributed by atoms with van der Waals surface area (Å²) < 4.78 is 0. The second kappa shape index (κ2) is 5.65. The Morgan fingerprint density at radius 2 is 1.79 bits per heavy atom. The highest BCUT2D eigenvalue weighted by atomic mass is 16.2. The molecular weight excluding hydrogens is 244 g/mol. The number of amides is 3. The number of rotatable bonds is 4. The molecule has 1 N–H and O–H groups in total. The molecule has 100 valence electrons. The van der Waals surface area contributed by atoms with Crippen molar-refractivity contribution in [3.63, 3.8) is 0 Å². The van der Waals surface area contributed by atoms with E-state index in [0.29, 0.717) is 12.1 Å². The maximum atomic E-state index is 12.2. The summed E-state index contributed by atoms with van der Waals surface area (Å²) in [6.07, 6.45) is 0.818. The lowest BCUT2D eigenvalue weighted by Gasteiger charge is -2.24. The number of benzene rings is 1. The fourth-order valence-corrected chi connectivity index (χ4v) is 2.17. The first kappa shape index (κ1) is 13.3. The molecule has 1 atom stereocenters. The Balaban J connectivity index is 2.11. The Labute approximate surface area is 111 Å². The molecule has 0 aliphatic carbocycles. The number of imide groups is 1. The number of hydrogen-bond acceptors (Lipinski definition) is 3. The Kier molecular flexibility index (Phi) is 3.94. The van der Waals surface area contributed by atoms with Gasteiger partial charge in [0, 0.05) is 18.5 Å². The first-order valence-corrected chi connectivity index (χ1v) is 6.34. The van der Waals surface area contributed by atoms with Gasteiger partial charge in [0.15, 0.2) is 0 Å². The number of hydrogen-bond donors (Lipinski definition) is 1. The van der Waals surface area contributed by atoms with Crippen LogP contribution in [-0.4, -0.2) is 28.7 Å². The van der Waals surface area contributed by atoms with Crippen LogP contribution < -0.4 is 5.32 Å². The van der Waals surface area contributed by atoms with Crippen LogP contribution in [0.2, 0.25) is 0 Å². The van der Waals surface area contributed by atoms with Crippen LogP contribution in [0.25, 0.3) is 0 Å². The van der Waals surface area contributed by atoms with E-state index in [2.05, 4.69) is 5.32 Å². The predicted octanol–water partition coefficient (Wildman–Crippen LogP) is 1.55. The van der Waals surface area contributed by atoms with Crippen molar-refractivity contribution in [3.8, 4) is 0 Å². The number of para-hydroxylation sites is 1. The van der Waals surface area contributed by atoms with Crippen molar-refractivity contribution in [1.82, 2.24) is 4.90 Å². The van der Waals surface area contributed by atoms with Crippen LogP contribution in [0.1, 0.15) is 26.2 Å². The lowest BCUT2D eigenvalue weighted by molar-refractivity contribution is -0.145. The smallest absolute Gasteiger partial charge is 0.247 e. The van der Waals surface area contributed by atoms with Crippen molar-refractivity contribution < 1.29 is 14.4 Å². The molecule has 5 heteroatoms. The molecular formula is C14H16N2O3. The Morgan fingerprint density at radius 1 is 1.21 bits per heavy atom. The van der Waals surface area contributed by atoms with Crippen LogP contribution in [0.15, 0.2) is 30.3 Å². The Hall–Kier alpha value is -2.17. The maximum absolute atomic E-state index is 12.2. The van der Waals surface area contributed by atoms with E-state index in [-0.39, 0.29) is 30.6 Å². The summed E-state index contributed by atoms with van der Waals surface area (Å²) >= 11 is 0. The monoisotopic (exact) mass is 260 g/mol. The molecule has 0 saturated carbocycles. The molecule has 1 fully saturated rings. The van der Waals surface area contributed by atoms with Gasteiger partial charge in [-0.1, -0.05) is 25.1 Å². The molecule has 1 aromatic carbocycles. The second-order valence-corrected chi connectivity index (χ2v) is 4.44. The van der Waals surface area contributed by atoms with Gasteiger partial charge in [0.1, 0.15) is 6.04 Å². The SMILES string of the molecule is CCC(C(=O)Nc1ccccc1)N1C(=O)CCC1=O. The van der Waals surface area contributed by atoms with Gasteiger partial charge >= 0.3 is 0 Å². The van der Waals surface area contributed by atoms with Crippen molar-refractivity contribution in [2.24, 2.45) is 0 Å². The Bertz CT molecular complexity index is 483. The highest BCUT2D eigenvalue weighted by Crippen LogP contribution is 2.19. The van der Waals surface area contributed by atoms with Crippen LogP contribution in [0.4, 0.5) is 5.69 Å². The van der Waals surface area contributed by atoms with E-state index in [1.165, 1.54) is 0 Å². The number of nitrogens with zero attached hydrogens (tertiary/aromatic N) is 1. The summed E-state index contributed by atoms with van der Waals surface area (Å²) in [5.74, 6) is -0.850. The van der Waals surface area contributed by atoms with Crippen molar-refractivity contribution in [3.05, 3.63) is 30.3 Å². The third kappa shape index (κ3) is 2.81. The molecule has 19 heavy (non-hydrogen) atoms. The molecule has 5 nitrogen and oxygen atoms in total. The van der Waals surface area contributed by atoms with E-state index in [1.54, 1.807) is 19.1 Å². The summed E-state index contributed by atoms with van der Waals surface area (Å²) in [4.78, 5) is 36.6. The van der Waals surface area contributed by atoms with E-state index in [0.717, 1.165) is 4.90 Å². The quantitative estimate of drug-likeness (QED) is 0.835. The molecule has 3 amide bonds. The number of nitrogens with one attached hydrogen (secondary N) is 1. The van der Waals surface area contributed by atoms with Crippen LogP contribution in [0.3, 0.4) is 0 Å². The standard InChI is InChI=1S/C14H16N2O3/c1-2-11(16-12(17)8-9-13(16)18)14(19)15-10-6-4-3-5-7-10/h3-7,11H,2,8-9H2,1H3,(H,15,19). The molecule has 1 unspecified atom stereocenters. The van der Waals surface area contributed by atoms with Crippen molar-refractivity contribution in [2.45, 2.75) is 32.2 Å². The van der Waals surface area contributed by atoms with E-state index in [1.807, 2.05) is 18.2 Å². The number of carbonyl (C=O) groups excluding carboxylic acids is 3. The highest BCUT2D eigenvalue weighted by Gasteiger charge is 2.37. The van der Waals surface area contributed by atoms with Gasteiger partial charge in [-0.15, -0.1) is 0 Å². The molecule has 1 aromatic rings. The number of anilines is 1. The van der Waals surface area contributed by atoms with Gasteiger partial charge in [-0.05, 0) is 18.6 Å². The fourth-order valence-electron chi connectivity index (χ4n) is 2.17. The summed E-state index contributed by atoms with van der Waals surface area (Å²) in [5.41, 5.74) is 0.657. The average Bonchev–Trinajstić information content (AvgIpc) is 2.73. The number of likely N-dealkylation sites (tertiary alicyclic amines) is 1. The summed E-state index contributed by atoms with van der Waals surface area (Å²) in [6.45, 7) is 1.79. The molecule has 0 aromatic heterocycles. The minimum absolute atomic E-state index is 0.202. The first-order chi connectivity index (χ1) is 9.13. The normalized spacial score (nSPS) is 16.6. The molecule has 0 bridgehead atoms. The zero-order valence-electron chi connectivity index (χ0n) is 10.8. The largest absolute Gasteiger partial charge is 0.324 e. The average molecular weight is 260 g/mol. The van der Waals surface area contributed by atoms with Crippen LogP contribution in [0, 0.1) is 0 Å². The molecule has 1 aliphatic heterocycles. The zero-order chi connectivity index (χ0) is 13.8. The molecule has 2 rings (SSSR count). The summed E-state index contributed by atoms with van der Waals surface area (Å²) in [5, 5.41) is 2.73. The van der Waals surface area contributed by atoms with E-state index in [4.69, 9.17) is 0 Å².